The Hall–Kier alpha value is -1.64. The maximum Gasteiger partial charge on any atom is 0.253 e. The van der Waals surface area contributed by atoms with Crippen molar-refractivity contribution in [1.29, 1.82) is 0 Å². The average molecular weight is 356 g/mol. The van der Waals surface area contributed by atoms with Gasteiger partial charge in [0.05, 0.1) is 13.2 Å². The molecule has 24 heavy (non-hydrogen) atoms. The molecule has 0 spiro atoms. The molecule has 1 amide bonds. The molecule has 0 saturated carbocycles. The first kappa shape index (κ1) is 18.7. The highest BCUT2D eigenvalue weighted by molar-refractivity contribution is 7.89. The molecule has 7 nitrogen and oxygen atoms in total. The van der Waals surface area contributed by atoms with Crippen LogP contribution in [0.1, 0.15) is 30.1 Å². The molecule has 1 heterocycles. The standard InChI is InChI=1S/C16H24N2O5S/c1-4-18(11-13-6-5-9-23-13)16(19)12-7-8-14(22-3)15(10-12)24(20,21)17-2/h7-8,10,13,17H,4-6,9,11H2,1-3H3/t13-/m0/s1. The summed E-state index contributed by atoms with van der Waals surface area (Å²) in [7, 11) is -1.01. The zero-order valence-corrected chi connectivity index (χ0v) is 15.1. The van der Waals surface area contributed by atoms with Gasteiger partial charge in [0.1, 0.15) is 10.6 Å². The Morgan fingerprint density at radius 2 is 2.21 bits per heavy atom. The molecule has 1 N–H and O–H groups in total. The third-order valence-electron chi connectivity index (χ3n) is 4.09. The number of hydrogen-bond donors (Lipinski definition) is 1. The van der Waals surface area contributed by atoms with Crippen LogP contribution in [0.4, 0.5) is 0 Å². The summed E-state index contributed by atoms with van der Waals surface area (Å²) >= 11 is 0. The molecule has 1 aromatic carbocycles. The minimum absolute atomic E-state index is 0.0488. The third kappa shape index (κ3) is 4.06. The van der Waals surface area contributed by atoms with Crippen LogP contribution in [0.2, 0.25) is 0 Å². The van der Waals surface area contributed by atoms with Gasteiger partial charge in [-0.3, -0.25) is 4.79 Å². The van der Waals surface area contributed by atoms with Crippen molar-refractivity contribution in [1.82, 2.24) is 9.62 Å². The fourth-order valence-electron chi connectivity index (χ4n) is 2.70. The second-order valence-electron chi connectivity index (χ2n) is 5.55. The molecule has 0 unspecified atom stereocenters. The normalized spacial score (nSPS) is 17.7. The van der Waals surface area contributed by atoms with E-state index in [-0.39, 0.29) is 22.7 Å². The van der Waals surface area contributed by atoms with Crippen molar-refractivity contribution in [3.8, 4) is 5.75 Å². The predicted octanol–water partition coefficient (Wildman–Crippen LogP) is 1.24. The van der Waals surface area contributed by atoms with Crippen LogP contribution in [0, 0.1) is 0 Å². The van der Waals surface area contributed by atoms with Crippen molar-refractivity contribution in [3.05, 3.63) is 23.8 Å². The minimum atomic E-state index is -3.72. The molecule has 8 heteroatoms. The third-order valence-corrected chi connectivity index (χ3v) is 5.52. The quantitative estimate of drug-likeness (QED) is 0.795. The molecule has 134 valence electrons. The molecule has 1 aliphatic heterocycles. The smallest absolute Gasteiger partial charge is 0.253 e. The van der Waals surface area contributed by atoms with Gasteiger partial charge in [-0.05, 0) is 45.0 Å². The number of carbonyl (C=O) groups is 1. The molecule has 0 aliphatic carbocycles. The summed E-state index contributed by atoms with van der Waals surface area (Å²) in [4.78, 5) is 14.4. The molecule has 1 atom stereocenters. The van der Waals surface area contributed by atoms with Gasteiger partial charge in [0.25, 0.3) is 5.91 Å². The van der Waals surface area contributed by atoms with Crippen LogP contribution in [0.5, 0.6) is 5.75 Å². The topological polar surface area (TPSA) is 84.9 Å². The van der Waals surface area contributed by atoms with E-state index in [1.165, 1.54) is 26.3 Å². The lowest BCUT2D eigenvalue weighted by atomic mass is 10.1. The Morgan fingerprint density at radius 3 is 2.75 bits per heavy atom. The van der Waals surface area contributed by atoms with E-state index >= 15 is 0 Å². The van der Waals surface area contributed by atoms with Gasteiger partial charge in [-0.15, -0.1) is 0 Å². The van der Waals surface area contributed by atoms with Crippen LogP contribution in [0.15, 0.2) is 23.1 Å². The first-order valence-corrected chi connectivity index (χ1v) is 9.43. The lowest BCUT2D eigenvalue weighted by Crippen LogP contribution is -2.37. The number of hydrogen-bond acceptors (Lipinski definition) is 5. The number of rotatable bonds is 7. The molecule has 0 radical (unpaired) electrons. The van der Waals surface area contributed by atoms with E-state index in [2.05, 4.69) is 4.72 Å². The minimum Gasteiger partial charge on any atom is -0.495 e. The van der Waals surface area contributed by atoms with Crippen molar-refractivity contribution in [2.45, 2.75) is 30.8 Å². The van der Waals surface area contributed by atoms with Gasteiger partial charge in [0.2, 0.25) is 10.0 Å². The molecule has 0 bridgehead atoms. The summed E-state index contributed by atoms with van der Waals surface area (Å²) in [6, 6.07) is 4.43. The Labute approximate surface area is 143 Å². The van der Waals surface area contributed by atoms with Gasteiger partial charge in [-0.25, -0.2) is 13.1 Å². The zero-order chi connectivity index (χ0) is 17.7. The van der Waals surface area contributed by atoms with Crippen LogP contribution in [-0.2, 0) is 14.8 Å². The summed E-state index contributed by atoms with van der Waals surface area (Å²) in [5.41, 5.74) is 0.310. The van der Waals surface area contributed by atoms with E-state index in [0.29, 0.717) is 18.7 Å². The number of ether oxygens (including phenoxy) is 2. The Morgan fingerprint density at radius 1 is 1.46 bits per heavy atom. The van der Waals surface area contributed by atoms with Gasteiger partial charge in [-0.1, -0.05) is 0 Å². The van der Waals surface area contributed by atoms with E-state index in [0.717, 1.165) is 19.4 Å². The number of methoxy groups -OCH3 is 1. The summed E-state index contributed by atoms with van der Waals surface area (Å²) in [6.07, 6.45) is 1.99. The monoisotopic (exact) mass is 356 g/mol. The molecule has 0 aromatic heterocycles. The SMILES string of the molecule is CCN(C[C@@H]1CCCO1)C(=O)c1ccc(OC)c(S(=O)(=O)NC)c1. The number of nitrogens with one attached hydrogen (secondary N) is 1. The number of benzene rings is 1. The van der Waals surface area contributed by atoms with Crippen molar-refractivity contribution < 1.29 is 22.7 Å². The molecule has 1 fully saturated rings. The molecule has 1 saturated heterocycles. The summed E-state index contributed by atoms with van der Waals surface area (Å²) in [5, 5.41) is 0. The number of carbonyl (C=O) groups excluding carboxylic acids is 1. The second-order valence-corrected chi connectivity index (χ2v) is 7.41. The molecule has 1 aromatic rings. The highest BCUT2D eigenvalue weighted by Gasteiger charge is 2.25. The van der Waals surface area contributed by atoms with Gasteiger partial charge in [-0.2, -0.15) is 0 Å². The highest BCUT2D eigenvalue weighted by atomic mass is 32.2. The zero-order valence-electron chi connectivity index (χ0n) is 14.2. The number of sulfonamides is 1. The van der Waals surface area contributed by atoms with E-state index in [4.69, 9.17) is 9.47 Å². The number of likely N-dealkylation sites (N-methyl/N-ethyl adjacent to an activating group) is 1. The maximum absolute atomic E-state index is 12.7. The summed E-state index contributed by atoms with van der Waals surface area (Å²) in [5.74, 6) is -0.0220. The Balaban J connectivity index is 2.29. The van der Waals surface area contributed by atoms with Crippen LogP contribution in [-0.4, -0.2) is 59.2 Å². The fourth-order valence-corrected chi connectivity index (χ4v) is 3.62. The van der Waals surface area contributed by atoms with Crippen LogP contribution >= 0.6 is 0 Å². The highest BCUT2D eigenvalue weighted by Crippen LogP contribution is 2.25. The van der Waals surface area contributed by atoms with Crippen molar-refractivity contribution >= 4 is 15.9 Å². The summed E-state index contributed by atoms with van der Waals surface area (Å²) < 4.78 is 37.2. The molecular weight excluding hydrogens is 332 g/mol. The molecular formula is C16H24N2O5S. The summed E-state index contributed by atoms with van der Waals surface area (Å²) in [6.45, 7) is 3.65. The first-order chi connectivity index (χ1) is 11.4. The van der Waals surface area contributed by atoms with Gasteiger partial charge in [0.15, 0.2) is 0 Å². The first-order valence-electron chi connectivity index (χ1n) is 7.95. The van der Waals surface area contributed by atoms with E-state index in [1.807, 2.05) is 6.92 Å². The largest absolute Gasteiger partial charge is 0.495 e. The van der Waals surface area contributed by atoms with Gasteiger partial charge < -0.3 is 14.4 Å². The van der Waals surface area contributed by atoms with Crippen LogP contribution in [0.25, 0.3) is 0 Å². The molecule has 2 rings (SSSR count). The fraction of sp³-hybridized carbons (Fsp3) is 0.562. The van der Waals surface area contributed by atoms with Crippen LogP contribution < -0.4 is 9.46 Å². The van der Waals surface area contributed by atoms with E-state index < -0.39 is 10.0 Å². The van der Waals surface area contributed by atoms with Gasteiger partial charge >= 0.3 is 0 Å². The van der Waals surface area contributed by atoms with E-state index in [9.17, 15) is 13.2 Å². The van der Waals surface area contributed by atoms with Crippen molar-refractivity contribution in [2.24, 2.45) is 0 Å². The van der Waals surface area contributed by atoms with Crippen molar-refractivity contribution in [3.63, 3.8) is 0 Å². The average Bonchev–Trinajstić information content (AvgIpc) is 3.11. The number of nitrogens with zero attached hydrogens (tertiary/aromatic N) is 1. The molecule has 1 aliphatic rings. The Kier molecular flexibility index (Phi) is 6.20. The number of amides is 1. The van der Waals surface area contributed by atoms with Crippen molar-refractivity contribution in [2.75, 3.05) is 33.9 Å². The lowest BCUT2D eigenvalue weighted by Gasteiger charge is -2.24. The van der Waals surface area contributed by atoms with Gasteiger partial charge in [0, 0.05) is 25.3 Å². The van der Waals surface area contributed by atoms with Crippen LogP contribution in [0.3, 0.4) is 0 Å². The predicted molar refractivity (Wildman–Crippen MR) is 89.8 cm³/mol. The van der Waals surface area contributed by atoms with E-state index in [1.54, 1.807) is 11.0 Å². The second kappa shape index (κ2) is 7.96. The Bertz CT molecular complexity index is 684. The maximum atomic E-state index is 12.7. The lowest BCUT2D eigenvalue weighted by molar-refractivity contribution is 0.0539.